The molecule has 0 aromatic carbocycles. The third-order valence-electron chi connectivity index (χ3n) is 2.99. The van der Waals surface area contributed by atoms with E-state index in [9.17, 15) is 0 Å². The highest BCUT2D eigenvalue weighted by Crippen LogP contribution is 2.06. The fraction of sp³-hybridized carbons (Fsp3) is 0.459. The van der Waals surface area contributed by atoms with Gasteiger partial charge in [-0.2, -0.15) is 0 Å². The number of aliphatic imine (C=N–C) groups is 3. The average Bonchev–Trinajstić information content (AvgIpc) is 3.19. The molecular formula is C37H75N11. The first kappa shape index (κ1) is 58.7. The first-order chi connectivity index (χ1) is 24.4. The first-order valence-corrected chi connectivity index (χ1v) is 16.9. The fourth-order valence-electron chi connectivity index (χ4n) is 1.81. The van der Waals surface area contributed by atoms with Crippen LogP contribution in [0.5, 0.6) is 0 Å². The van der Waals surface area contributed by atoms with E-state index in [-0.39, 0.29) is 6.17 Å². The molecule has 0 saturated heterocycles. The number of pyridine rings is 3. The number of hydrogen-bond donors (Lipinski definition) is 5. The van der Waals surface area contributed by atoms with Gasteiger partial charge < -0.3 is 28.0 Å². The third kappa shape index (κ3) is 56.9. The minimum Gasteiger partial charge on any atom is -0.390 e. The van der Waals surface area contributed by atoms with E-state index < -0.39 is 0 Å². The summed E-state index contributed by atoms with van der Waals surface area (Å²) in [5.74, 6) is 1.64. The zero-order chi connectivity index (χ0) is 41.6. The van der Waals surface area contributed by atoms with Crippen LogP contribution in [-0.2, 0) is 0 Å². The van der Waals surface area contributed by atoms with Crippen LogP contribution in [0.3, 0.4) is 0 Å². The Balaban J connectivity index is -0.0000000581. The molecule has 3 aromatic rings. The molecule has 3 heterocycles. The Hall–Kier alpha value is -4.80. The van der Waals surface area contributed by atoms with Crippen molar-refractivity contribution in [2.45, 2.75) is 118 Å². The summed E-state index contributed by atoms with van der Waals surface area (Å²) in [6, 6.07) is 15.8. The maximum absolute atomic E-state index is 7.09. The van der Waals surface area contributed by atoms with Crippen LogP contribution in [0.2, 0.25) is 0 Å². The summed E-state index contributed by atoms with van der Waals surface area (Å²) in [4.78, 5) is 23.0. The van der Waals surface area contributed by atoms with E-state index in [1.807, 2.05) is 130 Å². The van der Waals surface area contributed by atoms with Gasteiger partial charge in [0.2, 0.25) is 0 Å². The summed E-state index contributed by atoms with van der Waals surface area (Å²) in [6.07, 6.45) is 4.93. The average molecular weight is 678 g/mol. The molecule has 0 bridgehead atoms. The predicted octanol–water partition coefficient (Wildman–Crippen LogP) is 10.9. The molecule has 0 atom stereocenters. The lowest BCUT2D eigenvalue weighted by Crippen LogP contribution is -1.89. The Kier molecular flexibility index (Phi) is 96.1. The lowest BCUT2D eigenvalue weighted by Gasteiger charge is -1.92. The van der Waals surface area contributed by atoms with Gasteiger partial charge in [0.1, 0.15) is 0 Å². The van der Waals surface area contributed by atoms with Crippen molar-refractivity contribution >= 4 is 49.4 Å². The summed E-state index contributed by atoms with van der Waals surface area (Å²) in [5, 5.41) is 12.7. The number of nitrogens with one attached hydrogen (secondary N) is 2. The number of aromatic nitrogens is 3. The van der Waals surface area contributed by atoms with Crippen molar-refractivity contribution in [1.29, 1.82) is 10.8 Å². The molecule has 8 N–H and O–H groups in total. The summed E-state index contributed by atoms with van der Waals surface area (Å²) in [7, 11) is 0. The highest BCUT2D eigenvalue weighted by Gasteiger charge is 1.90. The predicted molar refractivity (Wildman–Crippen MR) is 223 cm³/mol. The van der Waals surface area contributed by atoms with Gasteiger partial charge in [0, 0.05) is 18.1 Å². The van der Waals surface area contributed by atoms with Gasteiger partial charge in [0.25, 0.3) is 0 Å². The summed E-state index contributed by atoms with van der Waals surface area (Å²) in [5.41, 5.74) is 16.7. The van der Waals surface area contributed by atoms with Crippen molar-refractivity contribution in [2.24, 2.45) is 32.2 Å². The molecule has 0 amide bonds. The van der Waals surface area contributed by atoms with Crippen LogP contribution in [0.1, 0.15) is 125 Å². The molecule has 3 aromatic heterocycles. The fourth-order valence-corrected chi connectivity index (χ4v) is 1.81. The van der Waals surface area contributed by atoms with Gasteiger partial charge in [-0.3, -0.25) is 0 Å². The molecule has 0 radical (unpaired) electrons. The molecule has 11 nitrogen and oxygen atoms in total. The molecule has 0 saturated carbocycles. The molecule has 48 heavy (non-hydrogen) atoms. The SMILES string of the molecule is CC.CC.CC.CC.CC.CC.CC.CC.Cc1cccc(N=CN)n1.N=Cc1cccc(N=CN)n1.[3H]C=N.[3H]c1cccc(N=CN)n1. The summed E-state index contributed by atoms with van der Waals surface area (Å²) in [6.45, 7) is 34.4. The Labute approximate surface area is 299 Å². The van der Waals surface area contributed by atoms with Gasteiger partial charge in [0.05, 0.1) is 27.5 Å². The van der Waals surface area contributed by atoms with Gasteiger partial charge in [-0.05, 0) is 50.0 Å². The van der Waals surface area contributed by atoms with Gasteiger partial charge in [-0.25, -0.2) is 29.9 Å². The second-order valence-electron chi connectivity index (χ2n) is 5.16. The maximum atomic E-state index is 7.09. The molecule has 0 aliphatic carbocycles. The van der Waals surface area contributed by atoms with E-state index in [4.69, 9.17) is 30.8 Å². The lowest BCUT2D eigenvalue weighted by atomic mass is 10.4. The Morgan fingerprint density at radius 3 is 1.31 bits per heavy atom. The van der Waals surface area contributed by atoms with E-state index in [0.717, 1.165) is 18.2 Å². The molecule has 0 aliphatic heterocycles. The van der Waals surface area contributed by atoms with Gasteiger partial charge in [-0.15, -0.1) is 0 Å². The van der Waals surface area contributed by atoms with Crippen LogP contribution in [0, 0.1) is 17.7 Å². The molecule has 0 spiro atoms. The second-order valence-corrected chi connectivity index (χ2v) is 5.16. The third-order valence-corrected chi connectivity index (χ3v) is 2.99. The minimum absolute atomic E-state index is 0.197. The van der Waals surface area contributed by atoms with Crippen LogP contribution >= 0.6 is 0 Å². The molecule has 0 aliphatic rings. The molecular weight excluding hydrogens is 598 g/mol. The number of nitrogens with two attached hydrogens (primary N) is 3. The Bertz CT molecular complexity index is 1040. The van der Waals surface area contributed by atoms with Gasteiger partial charge >= 0.3 is 0 Å². The molecule has 3 rings (SSSR count). The largest absolute Gasteiger partial charge is 0.390 e. The zero-order valence-electron chi connectivity index (χ0n) is 35.5. The maximum Gasteiger partial charge on any atom is 0.154 e. The number of rotatable bonds is 4. The van der Waals surface area contributed by atoms with E-state index >= 15 is 0 Å². The second kappa shape index (κ2) is 78.5. The minimum atomic E-state index is 0.197. The Morgan fingerprint density at radius 2 is 0.958 bits per heavy atom. The van der Waals surface area contributed by atoms with Crippen molar-refractivity contribution in [1.82, 2.24) is 15.0 Å². The number of nitrogens with zero attached hydrogens (tertiary/aromatic N) is 6. The standard InChI is InChI=1S/C7H8N4.C7H9N3.C6H7N3.8C2H6.CH3N/c8-4-6-2-1-3-7(11-6)10-5-9;1-6-3-2-4-7(10-6)9-5-8;7-5-9-6-3-1-2-4-8-6;9*1-2/h1-5,8H,(H2,9,10,11);2-5H,1H3,(H2,8,9,10);1-5H,(H2,7,8,9);8*1-2H3;2H,1H2/i;;4T;;;;;;;;;1T. The van der Waals surface area contributed by atoms with Crippen LogP contribution < -0.4 is 17.2 Å². The topological polar surface area (TPSA) is 202 Å². The van der Waals surface area contributed by atoms with Crippen molar-refractivity contribution in [3.05, 3.63) is 72.2 Å². The van der Waals surface area contributed by atoms with E-state index in [2.05, 4.69) is 29.9 Å². The van der Waals surface area contributed by atoms with Crippen molar-refractivity contribution in [2.75, 3.05) is 0 Å². The summed E-state index contributed by atoms with van der Waals surface area (Å²) >= 11 is 0. The van der Waals surface area contributed by atoms with Crippen LogP contribution in [0.25, 0.3) is 0 Å². The molecule has 11 heteroatoms. The van der Waals surface area contributed by atoms with Gasteiger partial charge in [0.15, 0.2) is 17.5 Å². The van der Waals surface area contributed by atoms with E-state index in [1.54, 1.807) is 42.5 Å². The smallest absolute Gasteiger partial charge is 0.154 e. The quantitative estimate of drug-likeness (QED) is 0.134. The van der Waals surface area contributed by atoms with Crippen molar-refractivity contribution in [3.8, 4) is 0 Å². The van der Waals surface area contributed by atoms with Crippen LogP contribution in [0.4, 0.5) is 17.5 Å². The van der Waals surface area contributed by atoms with E-state index in [0.29, 0.717) is 29.8 Å². The zero-order valence-corrected chi connectivity index (χ0v) is 33.5. The lowest BCUT2D eigenvalue weighted by molar-refractivity contribution is 1.18. The number of aryl methyl sites for hydroxylation is 1. The highest BCUT2D eigenvalue weighted by molar-refractivity contribution is 5.74. The number of hydrogen-bond acceptors (Lipinski definition) is 8. The van der Waals surface area contributed by atoms with E-state index in [1.165, 1.54) is 12.7 Å². The van der Waals surface area contributed by atoms with Crippen molar-refractivity contribution in [3.63, 3.8) is 0 Å². The summed E-state index contributed by atoms with van der Waals surface area (Å²) < 4.78 is 12.8. The molecule has 278 valence electrons. The Morgan fingerprint density at radius 1 is 0.604 bits per heavy atom. The monoisotopic (exact) mass is 678 g/mol. The first-order valence-electron chi connectivity index (χ1n) is 18.0. The van der Waals surface area contributed by atoms with Crippen LogP contribution in [0.15, 0.2) is 75.7 Å². The highest BCUT2D eigenvalue weighted by atomic mass is 14.9. The normalized spacial score (nSPS) is 8.02. The molecule has 0 unspecified atom stereocenters. The van der Waals surface area contributed by atoms with Crippen LogP contribution in [-0.4, -0.2) is 46.9 Å². The molecule has 0 fully saturated rings. The van der Waals surface area contributed by atoms with Crippen molar-refractivity contribution < 1.29 is 2.74 Å². The van der Waals surface area contributed by atoms with Gasteiger partial charge in [-0.1, -0.05) is 129 Å².